The number of benzene rings is 2. The summed E-state index contributed by atoms with van der Waals surface area (Å²) in [5.41, 5.74) is 2.20. The Morgan fingerprint density at radius 2 is 1.54 bits per heavy atom. The molecule has 0 aliphatic rings. The molecular formula is C21H27NO5S. The molecule has 0 radical (unpaired) electrons. The van der Waals surface area contributed by atoms with Crippen molar-refractivity contribution in [2.24, 2.45) is 0 Å². The Bertz CT molecular complexity index is 892. The van der Waals surface area contributed by atoms with Gasteiger partial charge >= 0.3 is 0 Å². The molecule has 0 aromatic heterocycles. The van der Waals surface area contributed by atoms with Crippen LogP contribution in [0.3, 0.4) is 0 Å². The van der Waals surface area contributed by atoms with Gasteiger partial charge in [-0.3, -0.25) is 4.79 Å². The third-order valence-corrected chi connectivity index (χ3v) is 4.81. The average Bonchev–Trinajstić information content (AvgIpc) is 2.63. The molecule has 2 aromatic carbocycles. The Balaban J connectivity index is 1.92. The first-order valence-corrected chi connectivity index (χ1v) is 11.3. The van der Waals surface area contributed by atoms with Gasteiger partial charge in [0.25, 0.3) is 5.91 Å². The monoisotopic (exact) mass is 405 g/mol. The van der Waals surface area contributed by atoms with Gasteiger partial charge in [-0.2, -0.15) is 0 Å². The predicted octanol–water partition coefficient (Wildman–Crippen LogP) is 3.00. The van der Waals surface area contributed by atoms with Crippen LogP contribution in [-0.2, 0) is 22.0 Å². The van der Waals surface area contributed by atoms with Crippen LogP contribution >= 0.6 is 0 Å². The lowest BCUT2D eigenvalue weighted by Crippen LogP contribution is -2.25. The van der Waals surface area contributed by atoms with E-state index in [4.69, 9.17) is 9.47 Å². The highest BCUT2D eigenvalue weighted by molar-refractivity contribution is 7.89. The molecule has 0 fully saturated rings. The molecular weight excluding hydrogens is 378 g/mol. The van der Waals surface area contributed by atoms with Crippen molar-refractivity contribution < 1.29 is 22.7 Å². The fraction of sp³-hybridized carbons (Fsp3) is 0.381. The minimum atomic E-state index is -3.09. The second-order valence-electron chi connectivity index (χ2n) is 6.42. The third-order valence-electron chi connectivity index (χ3n) is 3.95. The minimum absolute atomic E-state index is 0.0329. The van der Waals surface area contributed by atoms with Crippen molar-refractivity contribution in [1.29, 1.82) is 0 Å². The fourth-order valence-corrected chi connectivity index (χ4v) is 3.53. The number of sulfone groups is 1. The SMILES string of the molecule is CCOc1ccc(CCNC(=O)c2ccc(CS(C)(=O)=O)cc2)cc1OCC. The smallest absolute Gasteiger partial charge is 0.251 e. The molecule has 0 atom stereocenters. The van der Waals surface area contributed by atoms with E-state index in [-0.39, 0.29) is 11.7 Å². The summed E-state index contributed by atoms with van der Waals surface area (Å²) in [5, 5.41) is 2.88. The Morgan fingerprint density at radius 1 is 0.929 bits per heavy atom. The maximum absolute atomic E-state index is 12.3. The second-order valence-corrected chi connectivity index (χ2v) is 8.56. The van der Waals surface area contributed by atoms with E-state index in [1.54, 1.807) is 24.3 Å². The van der Waals surface area contributed by atoms with Gasteiger partial charge in [0.1, 0.15) is 0 Å². The number of ether oxygens (including phenoxy) is 2. The molecule has 0 bridgehead atoms. The highest BCUT2D eigenvalue weighted by Crippen LogP contribution is 2.28. The highest BCUT2D eigenvalue weighted by atomic mass is 32.2. The highest BCUT2D eigenvalue weighted by Gasteiger charge is 2.09. The lowest BCUT2D eigenvalue weighted by molar-refractivity contribution is 0.0954. The average molecular weight is 406 g/mol. The number of rotatable bonds is 10. The van der Waals surface area contributed by atoms with Gasteiger partial charge < -0.3 is 14.8 Å². The van der Waals surface area contributed by atoms with Gasteiger partial charge in [-0.1, -0.05) is 18.2 Å². The molecule has 1 N–H and O–H groups in total. The summed E-state index contributed by atoms with van der Waals surface area (Å²) in [6.07, 6.45) is 1.84. The van der Waals surface area contributed by atoms with Crippen LogP contribution in [0.15, 0.2) is 42.5 Å². The number of carbonyl (C=O) groups is 1. The van der Waals surface area contributed by atoms with Crippen molar-refractivity contribution in [3.05, 3.63) is 59.2 Å². The number of nitrogens with one attached hydrogen (secondary N) is 1. The van der Waals surface area contributed by atoms with Gasteiger partial charge in [-0.15, -0.1) is 0 Å². The number of carbonyl (C=O) groups excluding carboxylic acids is 1. The van der Waals surface area contributed by atoms with Gasteiger partial charge in [0.05, 0.1) is 19.0 Å². The van der Waals surface area contributed by atoms with E-state index in [2.05, 4.69) is 5.32 Å². The standard InChI is InChI=1S/C21H27NO5S/c1-4-26-19-11-8-16(14-20(19)27-5-2)12-13-22-21(23)18-9-6-17(7-10-18)15-28(3,24)25/h6-11,14H,4-5,12-13,15H2,1-3H3,(H,22,23). The lowest BCUT2D eigenvalue weighted by Gasteiger charge is -2.12. The van der Waals surface area contributed by atoms with Crippen molar-refractivity contribution in [2.75, 3.05) is 26.0 Å². The first-order chi connectivity index (χ1) is 13.3. The van der Waals surface area contributed by atoms with Gasteiger partial charge in [0, 0.05) is 18.4 Å². The summed E-state index contributed by atoms with van der Waals surface area (Å²) >= 11 is 0. The second kappa shape index (κ2) is 10.1. The molecule has 152 valence electrons. The topological polar surface area (TPSA) is 81.7 Å². The van der Waals surface area contributed by atoms with Crippen molar-refractivity contribution >= 4 is 15.7 Å². The molecule has 2 aromatic rings. The van der Waals surface area contributed by atoms with Crippen LogP contribution < -0.4 is 14.8 Å². The van der Waals surface area contributed by atoms with E-state index < -0.39 is 9.84 Å². The van der Waals surface area contributed by atoms with Crippen molar-refractivity contribution in [2.45, 2.75) is 26.0 Å². The van der Waals surface area contributed by atoms with Crippen LogP contribution in [0.4, 0.5) is 0 Å². The van der Waals surface area contributed by atoms with Crippen LogP contribution in [0.2, 0.25) is 0 Å². The van der Waals surface area contributed by atoms with E-state index in [9.17, 15) is 13.2 Å². The lowest BCUT2D eigenvalue weighted by atomic mass is 10.1. The minimum Gasteiger partial charge on any atom is -0.490 e. The summed E-state index contributed by atoms with van der Waals surface area (Å²) in [6.45, 7) is 5.44. The van der Waals surface area contributed by atoms with Gasteiger partial charge in [0.2, 0.25) is 0 Å². The first kappa shape index (κ1) is 21.8. The summed E-state index contributed by atoms with van der Waals surface area (Å²) in [7, 11) is -3.09. The fourth-order valence-electron chi connectivity index (χ4n) is 2.73. The molecule has 7 heteroatoms. The normalized spacial score (nSPS) is 11.1. The number of hydrogen-bond donors (Lipinski definition) is 1. The zero-order valence-corrected chi connectivity index (χ0v) is 17.3. The molecule has 0 spiro atoms. The quantitative estimate of drug-likeness (QED) is 0.657. The zero-order valence-electron chi connectivity index (χ0n) is 16.5. The van der Waals surface area contributed by atoms with E-state index >= 15 is 0 Å². The number of amides is 1. The summed E-state index contributed by atoms with van der Waals surface area (Å²) in [6, 6.07) is 12.4. The Morgan fingerprint density at radius 3 is 2.14 bits per heavy atom. The predicted molar refractivity (Wildman–Crippen MR) is 110 cm³/mol. The third kappa shape index (κ3) is 6.88. The maximum atomic E-state index is 12.3. The van der Waals surface area contributed by atoms with Crippen LogP contribution in [0.25, 0.3) is 0 Å². The molecule has 0 saturated heterocycles. The first-order valence-electron chi connectivity index (χ1n) is 9.25. The Labute approximate surface area is 166 Å². The van der Waals surface area contributed by atoms with E-state index in [0.717, 1.165) is 5.56 Å². The van der Waals surface area contributed by atoms with Crippen LogP contribution in [-0.4, -0.2) is 40.3 Å². The Hall–Kier alpha value is -2.54. The number of hydrogen-bond acceptors (Lipinski definition) is 5. The largest absolute Gasteiger partial charge is 0.490 e. The van der Waals surface area contributed by atoms with E-state index in [1.165, 1.54) is 6.26 Å². The maximum Gasteiger partial charge on any atom is 0.251 e. The van der Waals surface area contributed by atoms with E-state index in [0.29, 0.717) is 48.8 Å². The van der Waals surface area contributed by atoms with Crippen molar-refractivity contribution in [3.63, 3.8) is 0 Å². The van der Waals surface area contributed by atoms with Crippen molar-refractivity contribution in [3.8, 4) is 11.5 Å². The van der Waals surface area contributed by atoms with Gasteiger partial charge in [-0.05, 0) is 55.7 Å². The van der Waals surface area contributed by atoms with Crippen LogP contribution in [0.5, 0.6) is 11.5 Å². The molecule has 2 rings (SSSR count). The molecule has 1 amide bonds. The zero-order chi connectivity index (χ0) is 20.6. The summed E-state index contributed by atoms with van der Waals surface area (Å²) < 4.78 is 33.8. The molecule has 0 aliphatic carbocycles. The van der Waals surface area contributed by atoms with Crippen LogP contribution in [0, 0.1) is 0 Å². The molecule has 0 aliphatic heterocycles. The molecule has 0 saturated carbocycles. The van der Waals surface area contributed by atoms with Gasteiger partial charge in [-0.25, -0.2) is 8.42 Å². The van der Waals surface area contributed by atoms with Crippen molar-refractivity contribution in [1.82, 2.24) is 5.32 Å². The summed E-state index contributed by atoms with van der Waals surface area (Å²) in [5.74, 6) is 1.19. The van der Waals surface area contributed by atoms with Gasteiger partial charge in [0.15, 0.2) is 21.3 Å². The molecule has 0 unspecified atom stereocenters. The Kier molecular flexibility index (Phi) is 7.87. The van der Waals surface area contributed by atoms with E-state index in [1.807, 2.05) is 32.0 Å². The summed E-state index contributed by atoms with van der Waals surface area (Å²) in [4.78, 5) is 12.3. The van der Waals surface area contributed by atoms with Crippen LogP contribution in [0.1, 0.15) is 35.3 Å². The molecule has 6 nitrogen and oxygen atoms in total. The molecule has 0 heterocycles. The molecule has 28 heavy (non-hydrogen) atoms.